The summed E-state index contributed by atoms with van der Waals surface area (Å²) in [5, 5.41) is 0. The Morgan fingerprint density at radius 1 is 0.960 bits per heavy atom. The zero-order valence-corrected chi connectivity index (χ0v) is 15.2. The maximum atomic E-state index is 12.6. The van der Waals surface area contributed by atoms with Crippen molar-refractivity contribution in [3.63, 3.8) is 0 Å². The first kappa shape index (κ1) is 17.5. The van der Waals surface area contributed by atoms with Crippen LogP contribution in [-0.4, -0.2) is 55.5 Å². The molecule has 4 nitrogen and oxygen atoms in total. The van der Waals surface area contributed by atoms with Crippen molar-refractivity contribution in [3.8, 4) is 0 Å². The molecule has 0 spiro atoms. The zero-order chi connectivity index (χ0) is 17.6. The van der Waals surface area contributed by atoms with Crippen LogP contribution in [0.1, 0.15) is 11.1 Å². The van der Waals surface area contributed by atoms with Crippen molar-refractivity contribution < 1.29 is 4.79 Å². The Kier molecular flexibility index (Phi) is 5.71. The van der Waals surface area contributed by atoms with Gasteiger partial charge >= 0.3 is 0 Å². The van der Waals surface area contributed by atoms with Crippen LogP contribution >= 0.6 is 0 Å². The third-order valence-electron chi connectivity index (χ3n) is 4.79. The molecule has 0 aromatic heterocycles. The predicted octanol–water partition coefficient (Wildman–Crippen LogP) is 2.78. The standard InChI is InChI=1S/C21H27N3O/c1-18-8-6-7-11-20(18)23-12-14-24(15-13-23)21(25)17-22(2)16-19-9-4-3-5-10-19/h3-11H,12-17H2,1-2H3. The van der Waals surface area contributed by atoms with E-state index in [1.807, 2.05) is 30.1 Å². The Morgan fingerprint density at radius 2 is 1.60 bits per heavy atom. The lowest BCUT2D eigenvalue weighted by Crippen LogP contribution is -2.51. The molecule has 2 aromatic carbocycles. The summed E-state index contributed by atoms with van der Waals surface area (Å²) in [5.41, 5.74) is 3.82. The van der Waals surface area contributed by atoms with E-state index in [1.165, 1.54) is 16.8 Å². The van der Waals surface area contributed by atoms with Gasteiger partial charge in [-0.1, -0.05) is 48.5 Å². The van der Waals surface area contributed by atoms with Gasteiger partial charge in [0.1, 0.15) is 0 Å². The molecule has 0 aliphatic carbocycles. The smallest absolute Gasteiger partial charge is 0.236 e. The quantitative estimate of drug-likeness (QED) is 0.839. The molecule has 0 unspecified atom stereocenters. The molecule has 0 saturated carbocycles. The van der Waals surface area contributed by atoms with Crippen molar-refractivity contribution in [1.29, 1.82) is 0 Å². The van der Waals surface area contributed by atoms with Crippen LogP contribution in [0.25, 0.3) is 0 Å². The predicted molar refractivity (Wildman–Crippen MR) is 103 cm³/mol. The van der Waals surface area contributed by atoms with Gasteiger partial charge in [-0.05, 0) is 31.2 Å². The highest BCUT2D eigenvalue weighted by Gasteiger charge is 2.22. The van der Waals surface area contributed by atoms with Gasteiger partial charge in [-0.2, -0.15) is 0 Å². The summed E-state index contributed by atoms with van der Waals surface area (Å²) in [6.45, 7) is 6.82. The largest absolute Gasteiger partial charge is 0.368 e. The van der Waals surface area contributed by atoms with Crippen LogP contribution in [-0.2, 0) is 11.3 Å². The molecule has 4 heteroatoms. The van der Waals surface area contributed by atoms with Crippen LogP contribution in [0, 0.1) is 6.92 Å². The Morgan fingerprint density at radius 3 is 2.28 bits per heavy atom. The molecule has 132 valence electrons. The molecule has 1 aliphatic heterocycles. The van der Waals surface area contributed by atoms with E-state index in [1.54, 1.807) is 0 Å². The number of nitrogens with zero attached hydrogens (tertiary/aromatic N) is 3. The van der Waals surface area contributed by atoms with Crippen LogP contribution in [0.5, 0.6) is 0 Å². The average molecular weight is 337 g/mol. The number of para-hydroxylation sites is 1. The molecule has 0 N–H and O–H groups in total. The number of anilines is 1. The van der Waals surface area contributed by atoms with E-state index in [9.17, 15) is 4.79 Å². The number of benzene rings is 2. The Balaban J connectivity index is 1.49. The minimum atomic E-state index is 0.225. The second-order valence-corrected chi connectivity index (χ2v) is 6.81. The number of amides is 1. The third-order valence-corrected chi connectivity index (χ3v) is 4.79. The highest BCUT2D eigenvalue weighted by atomic mass is 16.2. The van der Waals surface area contributed by atoms with Crippen LogP contribution in [0.3, 0.4) is 0 Å². The van der Waals surface area contributed by atoms with E-state index in [0.717, 1.165) is 32.7 Å². The summed E-state index contributed by atoms with van der Waals surface area (Å²) < 4.78 is 0. The van der Waals surface area contributed by atoms with Crippen molar-refractivity contribution in [2.24, 2.45) is 0 Å². The number of aryl methyl sites for hydroxylation is 1. The van der Waals surface area contributed by atoms with Crippen LogP contribution in [0.2, 0.25) is 0 Å². The second-order valence-electron chi connectivity index (χ2n) is 6.81. The lowest BCUT2D eigenvalue weighted by Gasteiger charge is -2.37. The van der Waals surface area contributed by atoms with Gasteiger partial charge in [0.05, 0.1) is 6.54 Å². The third kappa shape index (κ3) is 4.60. The van der Waals surface area contributed by atoms with Crippen LogP contribution in [0.15, 0.2) is 54.6 Å². The first-order valence-electron chi connectivity index (χ1n) is 8.94. The van der Waals surface area contributed by atoms with Gasteiger partial charge in [-0.25, -0.2) is 0 Å². The van der Waals surface area contributed by atoms with Crippen LogP contribution < -0.4 is 4.90 Å². The van der Waals surface area contributed by atoms with Crippen molar-refractivity contribution in [2.45, 2.75) is 13.5 Å². The normalized spacial score (nSPS) is 14.8. The molecule has 0 radical (unpaired) electrons. The number of piperazine rings is 1. The fourth-order valence-corrected chi connectivity index (χ4v) is 3.40. The minimum Gasteiger partial charge on any atom is -0.368 e. The van der Waals surface area contributed by atoms with E-state index < -0.39 is 0 Å². The van der Waals surface area contributed by atoms with Crippen molar-refractivity contribution in [1.82, 2.24) is 9.80 Å². The first-order chi connectivity index (χ1) is 12.1. The molecule has 25 heavy (non-hydrogen) atoms. The lowest BCUT2D eigenvalue weighted by molar-refractivity contribution is -0.132. The number of carbonyl (C=O) groups is 1. The molecule has 1 aliphatic rings. The lowest BCUT2D eigenvalue weighted by atomic mass is 10.1. The second kappa shape index (κ2) is 8.17. The van der Waals surface area contributed by atoms with Gasteiger partial charge in [0, 0.05) is 38.4 Å². The summed E-state index contributed by atoms with van der Waals surface area (Å²) in [4.78, 5) is 19.0. The highest BCUT2D eigenvalue weighted by Crippen LogP contribution is 2.20. The molecule has 0 atom stereocenters. The molecule has 1 fully saturated rings. The monoisotopic (exact) mass is 337 g/mol. The molecule has 0 bridgehead atoms. The Bertz CT molecular complexity index is 693. The van der Waals surface area contributed by atoms with E-state index in [4.69, 9.17) is 0 Å². The number of hydrogen-bond donors (Lipinski definition) is 0. The highest BCUT2D eigenvalue weighted by molar-refractivity contribution is 5.78. The molecule has 2 aromatic rings. The summed E-state index contributed by atoms with van der Waals surface area (Å²) in [6.07, 6.45) is 0. The summed E-state index contributed by atoms with van der Waals surface area (Å²) in [5.74, 6) is 0.225. The molecule has 1 saturated heterocycles. The Hall–Kier alpha value is -2.33. The topological polar surface area (TPSA) is 26.8 Å². The average Bonchev–Trinajstić information content (AvgIpc) is 2.63. The van der Waals surface area contributed by atoms with Crippen molar-refractivity contribution in [2.75, 3.05) is 44.7 Å². The van der Waals surface area contributed by atoms with Crippen molar-refractivity contribution >= 4 is 11.6 Å². The maximum Gasteiger partial charge on any atom is 0.236 e. The van der Waals surface area contributed by atoms with E-state index >= 15 is 0 Å². The maximum absolute atomic E-state index is 12.6. The van der Waals surface area contributed by atoms with E-state index in [0.29, 0.717) is 6.54 Å². The van der Waals surface area contributed by atoms with Gasteiger partial charge in [0.2, 0.25) is 5.91 Å². The summed E-state index contributed by atoms with van der Waals surface area (Å²) in [6, 6.07) is 18.8. The van der Waals surface area contributed by atoms with Gasteiger partial charge < -0.3 is 9.80 Å². The molecule has 1 heterocycles. The van der Waals surface area contributed by atoms with Gasteiger partial charge in [-0.3, -0.25) is 9.69 Å². The fourth-order valence-electron chi connectivity index (χ4n) is 3.40. The zero-order valence-electron chi connectivity index (χ0n) is 15.2. The molecule has 3 rings (SSSR count). The Labute approximate surface area is 150 Å². The number of rotatable bonds is 5. The van der Waals surface area contributed by atoms with Gasteiger partial charge in [0.25, 0.3) is 0 Å². The minimum absolute atomic E-state index is 0.225. The summed E-state index contributed by atoms with van der Waals surface area (Å²) >= 11 is 0. The number of carbonyl (C=O) groups excluding carboxylic acids is 1. The molecular formula is C21H27N3O. The number of likely N-dealkylation sites (N-methyl/N-ethyl adjacent to an activating group) is 1. The van der Waals surface area contributed by atoms with Crippen LogP contribution in [0.4, 0.5) is 5.69 Å². The van der Waals surface area contributed by atoms with E-state index in [-0.39, 0.29) is 5.91 Å². The first-order valence-corrected chi connectivity index (χ1v) is 8.94. The van der Waals surface area contributed by atoms with Crippen molar-refractivity contribution in [3.05, 3.63) is 65.7 Å². The summed E-state index contributed by atoms with van der Waals surface area (Å²) in [7, 11) is 2.01. The SMILES string of the molecule is Cc1ccccc1N1CCN(C(=O)CN(C)Cc2ccccc2)CC1. The van der Waals surface area contributed by atoms with E-state index in [2.05, 4.69) is 53.1 Å². The number of hydrogen-bond acceptors (Lipinski definition) is 3. The molecular weight excluding hydrogens is 310 g/mol. The van der Waals surface area contributed by atoms with Gasteiger partial charge in [0.15, 0.2) is 0 Å². The fraction of sp³-hybridized carbons (Fsp3) is 0.381. The molecule has 1 amide bonds. The van der Waals surface area contributed by atoms with Gasteiger partial charge in [-0.15, -0.1) is 0 Å².